The Morgan fingerprint density at radius 2 is 1.95 bits per heavy atom. The van der Waals surface area contributed by atoms with Crippen LogP contribution in [-0.4, -0.2) is 11.1 Å². The summed E-state index contributed by atoms with van der Waals surface area (Å²) in [5.74, 6) is -0.777. The van der Waals surface area contributed by atoms with E-state index in [0.29, 0.717) is 6.42 Å². The summed E-state index contributed by atoms with van der Waals surface area (Å²) in [7, 11) is 0. The summed E-state index contributed by atoms with van der Waals surface area (Å²) in [4.78, 5) is 10.9. The van der Waals surface area contributed by atoms with Gasteiger partial charge in [-0.2, -0.15) is 0 Å². The minimum atomic E-state index is -0.777. The Bertz CT molecular complexity index is 483. The molecule has 0 amide bonds. The summed E-state index contributed by atoms with van der Waals surface area (Å²) in [6.45, 7) is 7.95. The van der Waals surface area contributed by atoms with Gasteiger partial charge in [0.05, 0.1) is 6.42 Å². The molecule has 19 heavy (non-hydrogen) atoms. The van der Waals surface area contributed by atoms with Crippen molar-refractivity contribution in [1.82, 2.24) is 0 Å². The highest BCUT2D eigenvalue weighted by Gasteiger charge is 2.26. The van der Waals surface area contributed by atoms with Crippen molar-refractivity contribution in [3.63, 3.8) is 0 Å². The maximum absolute atomic E-state index is 10.9. The van der Waals surface area contributed by atoms with Crippen molar-refractivity contribution in [2.75, 3.05) is 0 Å². The van der Waals surface area contributed by atoms with Gasteiger partial charge in [-0.1, -0.05) is 35.8 Å². The molecule has 0 bridgehead atoms. The summed E-state index contributed by atoms with van der Waals surface area (Å²) in [6.07, 6.45) is 0.788. The van der Waals surface area contributed by atoms with Crippen LogP contribution >= 0.6 is 15.9 Å². The second-order valence-electron chi connectivity index (χ2n) is 6.00. The van der Waals surface area contributed by atoms with E-state index in [2.05, 4.69) is 28.1 Å². The second kappa shape index (κ2) is 6.06. The Hall–Kier alpha value is -0.870. The van der Waals surface area contributed by atoms with E-state index < -0.39 is 5.97 Å². The maximum atomic E-state index is 10.9. The zero-order chi connectivity index (χ0) is 14.8. The van der Waals surface area contributed by atoms with E-state index in [9.17, 15) is 4.79 Å². The fourth-order valence-corrected chi connectivity index (χ4v) is 2.85. The zero-order valence-corrected chi connectivity index (χ0v) is 13.5. The first kappa shape index (κ1) is 16.2. The first-order valence-corrected chi connectivity index (χ1v) is 7.16. The molecular formula is C15H22BrNO2. The van der Waals surface area contributed by atoms with Crippen molar-refractivity contribution < 1.29 is 9.90 Å². The van der Waals surface area contributed by atoms with E-state index in [1.54, 1.807) is 0 Å². The Balaban J connectivity index is 2.92. The van der Waals surface area contributed by atoms with Crippen molar-refractivity contribution in [1.29, 1.82) is 0 Å². The van der Waals surface area contributed by atoms with Gasteiger partial charge in [0, 0.05) is 10.5 Å². The number of hydrogen-bond acceptors (Lipinski definition) is 2. The van der Waals surface area contributed by atoms with Crippen LogP contribution in [0, 0.1) is 19.3 Å². The van der Waals surface area contributed by atoms with Crippen LogP contribution in [0.15, 0.2) is 16.6 Å². The van der Waals surface area contributed by atoms with E-state index in [1.807, 2.05) is 27.7 Å². The lowest BCUT2D eigenvalue weighted by Crippen LogP contribution is -2.24. The standard InChI is InChI=1S/C15H22BrNO2/c1-9-6-12(16)10(2)5-11(9)13(17)7-15(3,4)8-14(18)19/h5-6,13H,7-8,17H2,1-4H3,(H,18,19). The Morgan fingerprint density at radius 3 is 2.47 bits per heavy atom. The molecule has 0 radical (unpaired) electrons. The highest BCUT2D eigenvalue weighted by molar-refractivity contribution is 9.10. The molecule has 0 aromatic heterocycles. The van der Waals surface area contributed by atoms with Gasteiger partial charge in [-0.3, -0.25) is 4.79 Å². The Morgan fingerprint density at radius 1 is 1.37 bits per heavy atom. The minimum absolute atomic E-state index is 0.134. The topological polar surface area (TPSA) is 63.3 Å². The predicted molar refractivity (Wildman–Crippen MR) is 81.2 cm³/mol. The Kier molecular flexibility index (Phi) is 5.16. The summed E-state index contributed by atoms with van der Waals surface area (Å²) in [5.41, 5.74) is 9.34. The second-order valence-corrected chi connectivity index (χ2v) is 6.86. The van der Waals surface area contributed by atoms with Gasteiger partial charge in [0.2, 0.25) is 0 Å². The molecular weight excluding hydrogens is 306 g/mol. The van der Waals surface area contributed by atoms with Gasteiger partial charge in [0.1, 0.15) is 0 Å². The number of carboxylic acid groups (broad SMARTS) is 1. The number of benzene rings is 1. The third-order valence-corrected chi connectivity index (χ3v) is 4.20. The summed E-state index contributed by atoms with van der Waals surface area (Å²) >= 11 is 3.50. The van der Waals surface area contributed by atoms with Crippen molar-refractivity contribution in [3.05, 3.63) is 33.3 Å². The maximum Gasteiger partial charge on any atom is 0.303 e. The van der Waals surface area contributed by atoms with Crippen LogP contribution in [0.5, 0.6) is 0 Å². The molecule has 0 aliphatic rings. The third-order valence-electron chi connectivity index (χ3n) is 3.35. The summed E-state index contributed by atoms with van der Waals surface area (Å²) in [6, 6.07) is 4.01. The molecule has 0 aliphatic heterocycles. The van der Waals surface area contributed by atoms with Gasteiger partial charge >= 0.3 is 5.97 Å². The molecule has 1 unspecified atom stereocenters. The molecule has 1 aromatic rings. The van der Waals surface area contributed by atoms with Gasteiger partial charge in [-0.05, 0) is 48.4 Å². The average molecular weight is 328 g/mol. The van der Waals surface area contributed by atoms with Crippen LogP contribution in [0.2, 0.25) is 0 Å². The van der Waals surface area contributed by atoms with Crippen LogP contribution in [0.4, 0.5) is 0 Å². The van der Waals surface area contributed by atoms with Gasteiger partial charge in [0.15, 0.2) is 0 Å². The fraction of sp³-hybridized carbons (Fsp3) is 0.533. The predicted octanol–water partition coefficient (Wildman–Crippen LogP) is 3.96. The smallest absolute Gasteiger partial charge is 0.303 e. The summed E-state index contributed by atoms with van der Waals surface area (Å²) < 4.78 is 1.07. The van der Waals surface area contributed by atoms with E-state index in [-0.39, 0.29) is 17.9 Å². The van der Waals surface area contributed by atoms with Gasteiger partial charge in [0.25, 0.3) is 0 Å². The first-order valence-electron chi connectivity index (χ1n) is 6.36. The van der Waals surface area contributed by atoms with E-state index in [0.717, 1.165) is 21.2 Å². The highest BCUT2D eigenvalue weighted by atomic mass is 79.9. The number of hydrogen-bond donors (Lipinski definition) is 2. The lowest BCUT2D eigenvalue weighted by Gasteiger charge is -2.27. The SMILES string of the molecule is Cc1cc(C(N)CC(C)(C)CC(=O)O)c(C)cc1Br. The minimum Gasteiger partial charge on any atom is -0.481 e. The lowest BCUT2D eigenvalue weighted by molar-refractivity contribution is -0.139. The molecule has 4 heteroatoms. The molecule has 0 heterocycles. The molecule has 0 fully saturated rings. The van der Waals surface area contributed by atoms with Gasteiger partial charge in [-0.25, -0.2) is 0 Å². The largest absolute Gasteiger partial charge is 0.481 e. The fourth-order valence-electron chi connectivity index (χ4n) is 2.39. The molecule has 0 aliphatic carbocycles. The van der Waals surface area contributed by atoms with Crippen LogP contribution < -0.4 is 5.73 Å². The lowest BCUT2D eigenvalue weighted by atomic mass is 9.80. The monoisotopic (exact) mass is 327 g/mol. The number of nitrogens with two attached hydrogens (primary N) is 1. The van der Waals surface area contributed by atoms with Crippen LogP contribution in [-0.2, 0) is 4.79 Å². The summed E-state index contributed by atoms with van der Waals surface area (Å²) in [5, 5.41) is 8.92. The Labute approximate surface area is 123 Å². The molecule has 0 saturated carbocycles. The van der Waals surface area contributed by atoms with E-state index in [4.69, 9.17) is 10.8 Å². The highest BCUT2D eigenvalue weighted by Crippen LogP contribution is 2.34. The molecule has 1 aromatic carbocycles. The van der Waals surface area contributed by atoms with Crippen LogP contribution in [0.1, 0.15) is 49.4 Å². The van der Waals surface area contributed by atoms with Crippen LogP contribution in [0.25, 0.3) is 0 Å². The molecule has 106 valence electrons. The quantitative estimate of drug-likeness (QED) is 0.860. The number of carboxylic acids is 1. The van der Waals surface area contributed by atoms with E-state index >= 15 is 0 Å². The number of halogens is 1. The number of aliphatic carboxylic acids is 1. The molecule has 1 rings (SSSR count). The molecule has 3 nitrogen and oxygen atoms in total. The van der Waals surface area contributed by atoms with Gasteiger partial charge < -0.3 is 10.8 Å². The van der Waals surface area contributed by atoms with Crippen molar-refractivity contribution in [3.8, 4) is 0 Å². The average Bonchev–Trinajstić information content (AvgIpc) is 2.20. The van der Waals surface area contributed by atoms with Crippen molar-refractivity contribution in [2.45, 2.75) is 46.6 Å². The molecule has 0 saturated heterocycles. The molecule has 1 atom stereocenters. The van der Waals surface area contributed by atoms with Gasteiger partial charge in [-0.15, -0.1) is 0 Å². The molecule has 0 spiro atoms. The molecule has 3 N–H and O–H groups in total. The third kappa shape index (κ3) is 4.62. The number of aryl methyl sites for hydroxylation is 2. The zero-order valence-electron chi connectivity index (χ0n) is 12.0. The number of carbonyl (C=O) groups is 1. The van der Waals surface area contributed by atoms with Crippen molar-refractivity contribution >= 4 is 21.9 Å². The number of rotatable bonds is 5. The normalized spacial score (nSPS) is 13.4. The first-order chi connectivity index (χ1) is 8.62. The van der Waals surface area contributed by atoms with E-state index in [1.165, 1.54) is 0 Å². The van der Waals surface area contributed by atoms with Crippen molar-refractivity contribution in [2.24, 2.45) is 11.1 Å². The van der Waals surface area contributed by atoms with Crippen LogP contribution in [0.3, 0.4) is 0 Å².